The van der Waals surface area contributed by atoms with Crippen LogP contribution in [0, 0.1) is 0 Å². The number of sulfonamides is 1. The van der Waals surface area contributed by atoms with Gasteiger partial charge in [-0.05, 0) is 30.7 Å². The van der Waals surface area contributed by atoms with Gasteiger partial charge in [-0.1, -0.05) is 36.4 Å². The summed E-state index contributed by atoms with van der Waals surface area (Å²) < 4.78 is 31.9. The van der Waals surface area contributed by atoms with Crippen LogP contribution in [-0.4, -0.2) is 46.5 Å². The van der Waals surface area contributed by atoms with E-state index in [9.17, 15) is 13.2 Å². The molecule has 6 nitrogen and oxygen atoms in total. The van der Waals surface area contributed by atoms with Gasteiger partial charge in [0, 0.05) is 26.3 Å². The molecule has 1 unspecified atom stereocenters. The molecule has 140 valence electrons. The lowest BCUT2D eigenvalue weighted by molar-refractivity contribution is 0.0742. The summed E-state index contributed by atoms with van der Waals surface area (Å²) in [4.78, 5) is 14.4. The highest BCUT2D eigenvalue weighted by Gasteiger charge is 2.21. The van der Waals surface area contributed by atoms with Gasteiger partial charge >= 0.3 is 0 Å². The monoisotopic (exact) mass is 376 g/mol. The van der Waals surface area contributed by atoms with Gasteiger partial charge in [-0.25, -0.2) is 13.1 Å². The number of benzene rings is 2. The number of methoxy groups -OCH3 is 1. The molecule has 0 aliphatic heterocycles. The summed E-state index contributed by atoms with van der Waals surface area (Å²) in [7, 11) is -0.484. The molecule has 0 aliphatic carbocycles. The highest BCUT2D eigenvalue weighted by atomic mass is 32.2. The van der Waals surface area contributed by atoms with Crippen LogP contribution in [0.1, 0.15) is 28.9 Å². The first kappa shape index (κ1) is 20.1. The number of rotatable bonds is 8. The van der Waals surface area contributed by atoms with Gasteiger partial charge in [-0.15, -0.1) is 0 Å². The minimum Gasteiger partial charge on any atom is -0.383 e. The maximum Gasteiger partial charge on any atom is 0.254 e. The summed E-state index contributed by atoms with van der Waals surface area (Å²) >= 11 is 0. The second kappa shape index (κ2) is 8.93. The van der Waals surface area contributed by atoms with Crippen molar-refractivity contribution in [1.82, 2.24) is 9.62 Å². The molecule has 1 N–H and O–H groups in total. The van der Waals surface area contributed by atoms with Crippen LogP contribution in [0.2, 0.25) is 0 Å². The second-order valence-electron chi connectivity index (χ2n) is 5.92. The molecule has 0 aliphatic rings. The lowest BCUT2D eigenvalue weighted by Crippen LogP contribution is -2.30. The first-order chi connectivity index (χ1) is 12.4. The molecule has 2 aromatic rings. The number of nitrogens with one attached hydrogen (secondary N) is 1. The summed E-state index contributed by atoms with van der Waals surface area (Å²) in [6.07, 6.45) is 0. The van der Waals surface area contributed by atoms with Crippen molar-refractivity contribution in [3.05, 3.63) is 65.7 Å². The van der Waals surface area contributed by atoms with Crippen LogP contribution in [0.5, 0.6) is 0 Å². The van der Waals surface area contributed by atoms with E-state index in [0.29, 0.717) is 5.56 Å². The lowest BCUT2D eigenvalue weighted by atomic mass is 10.1. The smallest absolute Gasteiger partial charge is 0.254 e. The standard InChI is InChI=1S/C19H24N2O4S/c1-15(16-8-5-4-6-9-16)21(2)19(22)17-10-7-11-18(14-17)26(23,24)20-12-13-25-3/h4-11,14-15,20H,12-13H2,1-3H3. The zero-order valence-corrected chi connectivity index (χ0v) is 16.0. The van der Waals surface area contributed by atoms with E-state index in [1.165, 1.54) is 19.2 Å². The van der Waals surface area contributed by atoms with Crippen molar-refractivity contribution in [1.29, 1.82) is 0 Å². The van der Waals surface area contributed by atoms with E-state index in [0.717, 1.165) is 5.56 Å². The highest BCUT2D eigenvalue weighted by molar-refractivity contribution is 7.89. The molecule has 0 heterocycles. The number of hydrogen-bond acceptors (Lipinski definition) is 4. The molecule has 1 amide bonds. The largest absolute Gasteiger partial charge is 0.383 e. The number of carbonyl (C=O) groups excluding carboxylic acids is 1. The van der Waals surface area contributed by atoms with Crippen LogP contribution in [0.25, 0.3) is 0 Å². The first-order valence-corrected chi connectivity index (χ1v) is 9.76. The Labute approximate surface area is 154 Å². The van der Waals surface area contributed by atoms with Gasteiger partial charge in [-0.3, -0.25) is 4.79 Å². The molecule has 0 saturated carbocycles. The van der Waals surface area contributed by atoms with Crippen molar-refractivity contribution < 1.29 is 17.9 Å². The molecular formula is C19H24N2O4S. The van der Waals surface area contributed by atoms with E-state index < -0.39 is 10.0 Å². The third-order valence-corrected chi connectivity index (χ3v) is 5.63. The molecule has 0 aromatic heterocycles. The Morgan fingerprint density at radius 3 is 2.50 bits per heavy atom. The molecule has 0 fully saturated rings. The van der Waals surface area contributed by atoms with Crippen molar-refractivity contribution in [2.75, 3.05) is 27.3 Å². The molecular weight excluding hydrogens is 352 g/mol. The van der Waals surface area contributed by atoms with Gasteiger partial charge in [0.1, 0.15) is 0 Å². The molecule has 0 bridgehead atoms. The van der Waals surface area contributed by atoms with E-state index in [-0.39, 0.29) is 30.0 Å². The molecule has 26 heavy (non-hydrogen) atoms. The van der Waals surface area contributed by atoms with Crippen molar-refractivity contribution in [2.45, 2.75) is 17.9 Å². The molecule has 7 heteroatoms. The summed E-state index contributed by atoms with van der Waals surface area (Å²) in [5, 5.41) is 0. The van der Waals surface area contributed by atoms with Crippen LogP contribution in [0.4, 0.5) is 0 Å². The zero-order valence-electron chi connectivity index (χ0n) is 15.2. The van der Waals surface area contributed by atoms with Crippen LogP contribution in [0.15, 0.2) is 59.5 Å². The van der Waals surface area contributed by atoms with E-state index in [1.54, 1.807) is 24.1 Å². The Morgan fingerprint density at radius 1 is 1.15 bits per heavy atom. The van der Waals surface area contributed by atoms with Crippen molar-refractivity contribution in [2.24, 2.45) is 0 Å². The average molecular weight is 376 g/mol. The maximum absolute atomic E-state index is 12.8. The van der Waals surface area contributed by atoms with Crippen LogP contribution < -0.4 is 4.72 Å². The fourth-order valence-corrected chi connectivity index (χ4v) is 3.55. The topological polar surface area (TPSA) is 75.7 Å². The first-order valence-electron chi connectivity index (χ1n) is 8.27. The predicted molar refractivity (Wildman–Crippen MR) is 100 cm³/mol. The Hall–Kier alpha value is -2.22. The third-order valence-electron chi connectivity index (χ3n) is 4.17. The Bertz CT molecular complexity index is 838. The number of ether oxygens (including phenoxy) is 1. The molecule has 2 rings (SSSR count). The van der Waals surface area contributed by atoms with Crippen molar-refractivity contribution >= 4 is 15.9 Å². The zero-order chi connectivity index (χ0) is 19.2. The number of hydrogen-bond donors (Lipinski definition) is 1. The van der Waals surface area contributed by atoms with E-state index in [2.05, 4.69) is 4.72 Å². The Balaban J connectivity index is 2.19. The van der Waals surface area contributed by atoms with E-state index in [4.69, 9.17) is 4.74 Å². The van der Waals surface area contributed by atoms with Crippen molar-refractivity contribution in [3.63, 3.8) is 0 Å². The summed E-state index contributed by atoms with van der Waals surface area (Å²) in [6.45, 7) is 2.37. The van der Waals surface area contributed by atoms with Crippen molar-refractivity contribution in [3.8, 4) is 0 Å². The van der Waals surface area contributed by atoms with E-state index in [1.807, 2.05) is 37.3 Å². The minimum atomic E-state index is -3.69. The number of nitrogens with zero attached hydrogens (tertiary/aromatic N) is 1. The van der Waals surface area contributed by atoms with Crippen LogP contribution >= 0.6 is 0 Å². The van der Waals surface area contributed by atoms with Crippen LogP contribution in [0.3, 0.4) is 0 Å². The highest BCUT2D eigenvalue weighted by Crippen LogP contribution is 2.21. The Morgan fingerprint density at radius 2 is 1.85 bits per heavy atom. The average Bonchev–Trinajstić information content (AvgIpc) is 2.67. The minimum absolute atomic E-state index is 0.0558. The second-order valence-corrected chi connectivity index (χ2v) is 7.69. The Kier molecular flexibility index (Phi) is 6.90. The lowest BCUT2D eigenvalue weighted by Gasteiger charge is -2.25. The van der Waals surface area contributed by atoms with Gasteiger partial charge in [0.2, 0.25) is 10.0 Å². The molecule has 0 radical (unpaired) electrons. The predicted octanol–water partition coefficient (Wildman–Crippen LogP) is 2.44. The van der Waals surface area contributed by atoms with Gasteiger partial charge in [0.05, 0.1) is 17.5 Å². The quantitative estimate of drug-likeness (QED) is 0.718. The van der Waals surface area contributed by atoms with Gasteiger partial charge < -0.3 is 9.64 Å². The molecule has 1 atom stereocenters. The fourth-order valence-electron chi connectivity index (χ4n) is 2.49. The van der Waals surface area contributed by atoms with E-state index >= 15 is 0 Å². The summed E-state index contributed by atoms with van der Waals surface area (Å²) in [5.41, 5.74) is 1.33. The van der Waals surface area contributed by atoms with Gasteiger partial charge in [-0.2, -0.15) is 0 Å². The molecule has 2 aromatic carbocycles. The number of amides is 1. The van der Waals surface area contributed by atoms with Crippen LogP contribution in [-0.2, 0) is 14.8 Å². The maximum atomic E-state index is 12.8. The fraction of sp³-hybridized carbons (Fsp3) is 0.316. The third kappa shape index (κ3) is 4.91. The molecule has 0 saturated heterocycles. The normalized spacial score (nSPS) is 12.6. The summed E-state index contributed by atoms with van der Waals surface area (Å²) in [5.74, 6) is -0.240. The SMILES string of the molecule is COCCNS(=O)(=O)c1cccc(C(=O)N(C)C(C)c2ccccc2)c1. The van der Waals surface area contributed by atoms with Gasteiger partial charge in [0.15, 0.2) is 0 Å². The summed E-state index contributed by atoms with van der Waals surface area (Å²) in [6, 6.07) is 15.6. The van der Waals surface area contributed by atoms with Gasteiger partial charge in [0.25, 0.3) is 5.91 Å². The number of carbonyl (C=O) groups is 1. The molecule has 0 spiro atoms.